The third-order valence-corrected chi connectivity index (χ3v) is 5.79. The number of aromatic nitrogens is 1. The molecule has 4 rings (SSSR count). The zero-order valence-corrected chi connectivity index (χ0v) is 18.1. The van der Waals surface area contributed by atoms with Crippen molar-refractivity contribution in [2.45, 2.75) is 46.0 Å². The fourth-order valence-electron chi connectivity index (χ4n) is 4.19. The lowest BCUT2D eigenvalue weighted by atomic mass is 10.0. The highest BCUT2D eigenvalue weighted by Gasteiger charge is 2.19. The maximum Gasteiger partial charge on any atom is 0.0566 e. The van der Waals surface area contributed by atoms with Gasteiger partial charge in [-0.3, -0.25) is 0 Å². The minimum absolute atomic E-state index is 1.11. The molecule has 1 aromatic heterocycles. The van der Waals surface area contributed by atoms with E-state index in [1.165, 1.54) is 65.0 Å². The lowest BCUT2D eigenvalue weighted by Gasteiger charge is -2.16. The van der Waals surface area contributed by atoms with Crippen LogP contribution in [0.3, 0.4) is 0 Å². The van der Waals surface area contributed by atoms with E-state index in [4.69, 9.17) is 0 Å². The highest BCUT2D eigenvalue weighted by Crippen LogP contribution is 2.36. The molecule has 0 saturated heterocycles. The molecule has 1 heteroatoms. The smallest absolute Gasteiger partial charge is 0.0566 e. The van der Waals surface area contributed by atoms with Gasteiger partial charge in [0.15, 0.2) is 0 Å². The van der Waals surface area contributed by atoms with Gasteiger partial charge in [-0.05, 0) is 54.7 Å². The second-order valence-electron chi connectivity index (χ2n) is 8.12. The topological polar surface area (TPSA) is 4.93 Å². The van der Waals surface area contributed by atoms with Gasteiger partial charge in [-0.25, -0.2) is 0 Å². The molecule has 0 fully saturated rings. The quantitative estimate of drug-likeness (QED) is 0.266. The monoisotopic (exact) mass is 393 g/mol. The molecule has 0 N–H and O–H groups in total. The molecule has 30 heavy (non-hydrogen) atoms. The Morgan fingerprint density at radius 3 is 1.93 bits per heavy atom. The summed E-state index contributed by atoms with van der Waals surface area (Å²) in [4.78, 5) is 0. The Morgan fingerprint density at radius 1 is 0.667 bits per heavy atom. The summed E-state index contributed by atoms with van der Waals surface area (Å²) in [6.07, 6.45) is 6.22. The number of rotatable bonds is 8. The molecule has 4 aromatic rings. The van der Waals surface area contributed by atoms with Crippen LogP contribution in [0, 0.1) is 6.92 Å². The average Bonchev–Trinajstić information content (AvgIpc) is 3.18. The van der Waals surface area contributed by atoms with E-state index in [0.29, 0.717) is 0 Å². The molecule has 152 valence electrons. The van der Waals surface area contributed by atoms with E-state index < -0.39 is 0 Å². The molecule has 0 spiro atoms. The van der Waals surface area contributed by atoms with Crippen LogP contribution in [0.25, 0.3) is 28.2 Å². The first-order valence-corrected chi connectivity index (χ1v) is 11.2. The van der Waals surface area contributed by atoms with Gasteiger partial charge in [-0.1, -0.05) is 105 Å². The van der Waals surface area contributed by atoms with Gasteiger partial charge in [0.05, 0.1) is 11.4 Å². The van der Waals surface area contributed by atoms with Crippen molar-refractivity contribution in [2.75, 3.05) is 0 Å². The first kappa shape index (κ1) is 20.2. The third-order valence-electron chi connectivity index (χ3n) is 5.79. The summed E-state index contributed by atoms with van der Waals surface area (Å²) >= 11 is 0. The zero-order valence-electron chi connectivity index (χ0n) is 18.1. The zero-order chi connectivity index (χ0) is 20.8. The van der Waals surface area contributed by atoms with Gasteiger partial charge in [0.1, 0.15) is 0 Å². The van der Waals surface area contributed by atoms with Crippen molar-refractivity contribution >= 4 is 0 Å². The molecular formula is C29H31N. The van der Waals surface area contributed by atoms with Crippen molar-refractivity contribution < 1.29 is 0 Å². The third kappa shape index (κ3) is 4.41. The second kappa shape index (κ2) is 9.63. The van der Waals surface area contributed by atoms with Crippen molar-refractivity contribution in [3.63, 3.8) is 0 Å². The highest BCUT2D eigenvalue weighted by molar-refractivity contribution is 5.76. The fourth-order valence-corrected chi connectivity index (χ4v) is 4.19. The van der Waals surface area contributed by atoms with Crippen LogP contribution in [0.2, 0.25) is 0 Å². The number of hydrogen-bond donors (Lipinski definition) is 0. The summed E-state index contributed by atoms with van der Waals surface area (Å²) in [5, 5.41) is 0. The molecule has 0 aliphatic rings. The molecule has 0 saturated carbocycles. The molecule has 0 aliphatic heterocycles. The van der Waals surface area contributed by atoms with Crippen LogP contribution in [0.4, 0.5) is 0 Å². The normalized spacial score (nSPS) is 11.0. The van der Waals surface area contributed by atoms with Crippen molar-refractivity contribution in [3.05, 3.63) is 102 Å². The van der Waals surface area contributed by atoms with Crippen molar-refractivity contribution in [2.24, 2.45) is 0 Å². The largest absolute Gasteiger partial charge is 0.309 e. The summed E-state index contributed by atoms with van der Waals surface area (Å²) in [6, 6.07) is 33.0. The Kier molecular flexibility index (Phi) is 6.49. The van der Waals surface area contributed by atoms with E-state index in [1.54, 1.807) is 0 Å². The maximum atomic E-state index is 2.46. The molecule has 1 heterocycles. The van der Waals surface area contributed by atoms with Crippen LogP contribution in [-0.2, 0) is 6.42 Å². The molecule has 0 amide bonds. The predicted molar refractivity (Wildman–Crippen MR) is 129 cm³/mol. The van der Waals surface area contributed by atoms with Gasteiger partial charge in [0.2, 0.25) is 0 Å². The maximum absolute atomic E-state index is 2.46. The van der Waals surface area contributed by atoms with Gasteiger partial charge >= 0.3 is 0 Å². The van der Waals surface area contributed by atoms with E-state index in [1.807, 2.05) is 0 Å². The first-order valence-electron chi connectivity index (χ1n) is 11.2. The Hall–Kier alpha value is -3.06. The molecule has 0 bridgehead atoms. The molecule has 0 unspecified atom stereocenters. The van der Waals surface area contributed by atoms with Gasteiger partial charge in [-0.2, -0.15) is 0 Å². The Bertz CT molecular complexity index is 1060. The summed E-state index contributed by atoms with van der Waals surface area (Å²) in [7, 11) is 0. The lowest BCUT2D eigenvalue weighted by Crippen LogP contribution is -2.01. The minimum Gasteiger partial charge on any atom is -0.309 e. The van der Waals surface area contributed by atoms with E-state index >= 15 is 0 Å². The lowest BCUT2D eigenvalue weighted by molar-refractivity contribution is 0.667. The Labute approximate surface area is 181 Å². The summed E-state index contributed by atoms with van der Waals surface area (Å²) in [5.41, 5.74) is 9.09. The molecule has 3 aromatic carbocycles. The van der Waals surface area contributed by atoms with Crippen molar-refractivity contribution in [3.8, 4) is 28.2 Å². The molecule has 0 radical (unpaired) electrons. The SMILES string of the molecule is CCCCCCc1cc(-c2ccccc2)n(-c2ccc(C)cc2)c1-c1ccccc1. The van der Waals surface area contributed by atoms with Crippen LogP contribution < -0.4 is 0 Å². The van der Waals surface area contributed by atoms with Crippen molar-refractivity contribution in [1.82, 2.24) is 4.57 Å². The van der Waals surface area contributed by atoms with Crippen LogP contribution >= 0.6 is 0 Å². The summed E-state index contributed by atoms with van der Waals surface area (Å²) in [6.45, 7) is 4.42. The number of aryl methyl sites for hydroxylation is 2. The van der Waals surface area contributed by atoms with Gasteiger partial charge < -0.3 is 4.57 Å². The van der Waals surface area contributed by atoms with E-state index in [-0.39, 0.29) is 0 Å². The minimum atomic E-state index is 1.11. The van der Waals surface area contributed by atoms with Crippen LogP contribution in [0.1, 0.15) is 43.7 Å². The average molecular weight is 394 g/mol. The molecular weight excluding hydrogens is 362 g/mol. The van der Waals surface area contributed by atoms with Gasteiger partial charge in [-0.15, -0.1) is 0 Å². The number of benzene rings is 3. The van der Waals surface area contributed by atoms with E-state index in [9.17, 15) is 0 Å². The van der Waals surface area contributed by atoms with Crippen molar-refractivity contribution in [1.29, 1.82) is 0 Å². The summed E-state index contributed by atoms with van der Waals surface area (Å²) in [5.74, 6) is 0. The highest BCUT2D eigenvalue weighted by atomic mass is 15.0. The summed E-state index contributed by atoms with van der Waals surface area (Å²) < 4.78 is 2.46. The number of hydrogen-bond acceptors (Lipinski definition) is 0. The Balaban J connectivity index is 1.91. The predicted octanol–water partition coefficient (Wildman–Crippen LogP) is 8.24. The standard InChI is InChI=1S/C29H31N/c1-3-4-5-8-17-26-22-28(24-13-9-6-10-14-24)30(27-20-18-23(2)19-21-27)29(26)25-15-11-7-12-16-25/h6-7,9-16,18-22H,3-5,8,17H2,1-2H3. The second-order valence-corrected chi connectivity index (χ2v) is 8.12. The first-order chi connectivity index (χ1) is 14.8. The van der Waals surface area contributed by atoms with E-state index in [0.717, 1.165) is 6.42 Å². The van der Waals surface area contributed by atoms with Gasteiger partial charge in [0.25, 0.3) is 0 Å². The van der Waals surface area contributed by atoms with Gasteiger partial charge in [0, 0.05) is 5.69 Å². The Morgan fingerprint density at radius 2 is 1.30 bits per heavy atom. The van der Waals surface area contributed by atoms with Crippen LogP contribution in [0.15, 0.2) is 91.0 Å². The van der Waals surface area contributed by atoms with Crippen LogP contribution in [0.5, 0.6) is 0 Å². The molecule has 0 aliphatic carbocycles. The number of nitrogens with zero attached hydrogens (tertiary/aromatic N) is 1. The van der Waals surface area contributed by atoms with E-state index in [2.05, 4.69) is 109 Å². The molecule has 0 atom stereocenters. The molecule has 1 nitrogen and oxygen atoms in total. The fraction of sp³-hybridized carbons (Fsp3) is 0.241. The number of unbranched alkanes of at least 4 members (excludes halogenated alkanes) is 3. The van der Waals surface area contributed by atoms with Crippen LogP contribution in [-0.4, -0.2) is 4.57 Å².